The summed E-state index contributed by atoms with van der Waals surface area (Å²) in [5.41, 5.74) is 3.26. The lowest BCUT2D eigenvalue weighted by atomic mass is 9.99. The summed E-state index contributed by atoms with van der Waals surface area (Å²) in [6, 6.07) is 5.06. The van der Waals surface area contributed by atoms with E-state index in [2.05, 4.69) is 20.9 Å². The van der Waals surface area contributed by atoms with Crippen molar-refractivity contribution < 1.29 is 9.50 Å². The molecule has 0 aliphatic heterocycles. The molecule has 2 rings (SSSR count). The standard InChI is InChI=1S/C14H13BrFNO/c1-8-3-10(4-9(2)13(8)15)14(18)11-5-12(16)7-17-6-11/h3-7,14,18H,1-2H3. The zero-order valence-electron chi connectivity index (χ0n) is 10.1. The number of pyridine rings is 1. The fraction of sp³-hybridized carbons (Fsp3) is 0.214. The largest absolute Gasteiger partial charge is 0.384 e. The fourth-order valence-electron chi connectivity index (χ4n) is 1.91. The van der Waals surface area contributed by atoms with Crippen LogP contribution >= 0.6 is 15.9 Å². The van der Waals surface area contributed by atoms with Gasteiger partial charge in [0.1, 0.15) is 11.9 Å². The van der Waals surface area contributed by atoms with Gasteiger partial charge in [-0.25, -0.2) is 4.39 Å². The quantitative estimate of drug-likeness (QED) is 0.918. The van der Waals surface area contributed by atoms with Crippen molar-refractivity contribution in [1.29, 1.82) is 0 Å². The fourth-order valence-corrected chi connectivity index (χ4v) is 2.14. The van der Waals surface area contributed by atoms with Crippen molar-refractivity contribution in [2.45, 2.75) is 20.0 Å². The summed E-state index contributed by atoms with van der Waals surface area (Å²) < 4.78 is 14.1. The van der Waals surface area contributed by atoms with Crippen LogP contribution in [0.25, 0.3) is 0 Å². The third-order valence-corrected chi connectivity index (χ3v) is 4.07. The molecule has 0 bridgehead atoms. The molecule has 1 aromatic carbocycles. The molecule has 1 unspecified atom stereocenters. The van der Waals surface area contributed by atoms with E-state index in [-0.39, 0.29) is 0 Å². The van der Waals surface area contributed by atoms with Crippen LogP contribution in [0.4, 0.5) is 4.39 Å². The topological polar surface area (TPSA) is 33.1 Å². The monoisotopic (exact) mass is 309 g/mol. The summed E-state index contributed by atoms with van der Waals surface area (Å²) in [6.07, 6.45) is 1.73. The summed E-state index contributed by atoms with van der Waals surface area (Å²) in [5, 5.41) is 10.2. The zero-order chi connectivity index (χ0) is 13.3. The van der Waals surface area contributed by atoms with E-state index in [0.29, 0.717) is 5.56 Å². The molecule has 1 aromatic heterocycles. The van der Waals surface area contributed by atoms with Crippen molar-refractivity contribution in [2.75, 3.05) is 0 Å². The van der Waals surface area contributed by atoms with Gasteiger partial charge in [0.25, 0.3) is 0 Å². The van der Waals surface area contributed by atoms with Crippen LogP contribution in [0.1, 0.15) is 28.4 Å². The number of hydrogen-bond donors (Lipinski definition) is 1. The van der Waals surface area contributed by atoms with Crippen LogP contribution in [0.5, 0.6) is 0 Å². The van der Waals surface area contributed by atoms with E-state index >= 15 is 0 Å². The Kier molecular flexibility index (Phi) is 3.78. The predicted molar refractivity (Wildman–Crippen MR) is 71.9 cm³/mol. The molecule has 0 radical (unpaired) electrons. The summed E-state index contributed by atoms with van der Waals surface area (Å²) in [7, 11) is 0. The lowest BCUT2D eigenvalue weighted by Crippen LogP contribution is -2.02. The maximum atomic E-state index is 13.1. The van der Waals surface area contributed by atoms with Crippen LogP contribution in [0.3, 0.4) is 0 Å². The van der Waals surface area contributed by atoms with E-state index in [1.807, 2.05) is 26.0 Å². The highest BCUT2D eigenvalue weighted by atomic mass is 79.9. The Morgan fingerprint density at radius 3 is 2.28 bits per heavy atom. The van der Waals surface area contributed by atoms with Gasteiger partial charge in [-0.05, 0) is 36.6 Å². The van der Waals surface area contributed by atoms with Gasteiger partial charge in [0.15, 0.2) is 0 Å². The molecule has 4 heteroatoms. The Hall–Kier alpha value is -1.26. The van der Waals surface area contributed by atoms with Gasteiger partial charge >= 0.3 is 0 Å². The summed E-state index contributed by atoms with van der Waals surface area (Å²) in [4.78, 5) is 3.75. The van der Waals surface area contributed by atoms with E-state index in [0.717, 1.165) is 27.4 Å². The summed E-state index contributed by atoms with van der Waals surface area (Å²) >= 11 is 3.48. The van der Waals surface area contributed by atoms with Gasteiger partial charge in [-0.2, -0.15) is 0 Å². The number of hydrogen-bond acceptors (Lipinski definition) is 2. The second-order valence-electron chi connectivity index (χ2n) is 4.31. The van der Waals surface area contributed by atoms with Crippen molar-refractivity contribution in [3.8, 4) is 0 Å². The molecule has 1 N–H and O–H groups in total. The molecule has 2 nitrogen and oxygen atoms in total. The number of rotatable bonds is 2. The second kappa shape index (κ2) is 5.16. The van der Waals surface area contributed by atoms with Gasteiger partial charge in [0.05, 0.1) is 6.20 Å². The normalized spacial score (nSPS) is 12.5. The van der Waals surface area contributed by atoms with E-state index in [4.69, 9.17) is 0 Å². The summed E-state index contributed by atoms with van der Waals surface area (Å²) in [5.74, 6) is -0.447. The van der Waals surface area contributed by atoms with Gasteiger partial charge in [0.2, 0.25) is 0 Å². The van der Waals surface area contributed by atoms with Gasteiger partial charge in [-0.15, -0.1) is 0 Å². The smallest absolute Gasteiger partial charge is 0.141 e. The minimum Gasteiger partial charge on any atom is -0.384 e. The van der Waals surface area contributed by atoms with Crippen LogP contribution in [-0.4, -0.2) is 10.1 Å². The molecular weight excluding hydrogens is 297 g/mol. The minimum atomic E-state index is -0.862. The van der Waals surface area contributed by atoms with Crippen molar-refractivity contribution in [3.63, 3.8) is 0 Å². The van der Waals surface area contributed by atoms with Crippen LogP contribution in [0.2, 0.25) is 0 Å². The number of aromatic nitrogens is 1. The van der Waals surface area contributed by atoms with Crippen LogP contribution in [-0.2, 0) is 0 Å². The maximum Gasteiger partial charge on any atom is 0.141 e. The molecule has 0 saturated carbocycles. The highest BCUT2D eigenvalue weighted by Crippen LogP contribution is 2.28. The van der Waals surface area contributed by atoms with Crippen LogP contribution < -0.4 is 0 Å². The Morgan fingerprint density at radius 1 is 1.11 bits per heavy atom. The molecule has 18 heavy (non-hydrogen) atoms. The highest BCUT2D eigenvalue weighted by molar-refractivity contribution is 9.10. The van der Waals surface area contributed by atoms with Crippen LogP contribution in [0.15, 0.2) is 35.1 Å². The number of aliphatic hydroxyl groups excluding tert-OH is 1. The molecule has 0 fully saturated rings. The average molecular weight is 310 g/mol. The first kappa shape index (κ1) is 13.2. The number of aliphatic hydroxyl groups is 1. The number of benzene rings is 1. The molecule has 1 heterocycles. The SMILES string of the molecule is Cc1cc(C(O)c2cncc(F)c2)cc(C)c1Br. The molecule has 0 aliphatic rings. The van der Waals surface area contributed by atoms with Crippen molar-refractivity contribution in [2.24, 2.45) is 0 Å². The first-order valence-corrected chi connectivity index (χ1v) is 6.33. The molecule has 0 aliphatic carbocycles. The number of halogens is 2. The molecule has 0 saturated heterocycles. The first-order valence-electron chi connectivity index (χ1n) is 5.54. The van der Waals surface area contributed by atoms with Gasteiger partial charge in [-0.1, -0.05) is 28.1 Å². The molecular formula is C14H13BrFNO. The van der Waals surface area contributed by atoms with Gasteiger partial charge < -0.3 is 5.11 Å². The lowest BCUT2D eigenvalue weighted by molar-refractivity contribution is 0.219. The third-order valence-electron chi connectivity index (χ3n) is 2.82. The molecule has 0 amide bonds. The lowest BCUT2D eigenvalue weighted by Gasteiger charge is -2.14. The van der Waals surface area contributed by atoms with Gasteiger partial charge in [0, 0.05) is 16.2 Å². The predicted octanol–water partition coefficient (Wildman–Crippen LogP) is 3.68. The maximum absolute atomic E-state index is 13.1. The second-order valence-corrected chi connectivity index (χ2v) is 5.10. The Labute approximate surface area is 114 Å². The Bertz CT molecular complexity index is 563. The number of nitrogens with zero attached hydrogens (tertiary/aromatic N) is 1. The van der Waals surface area contributed by atoms with Crippen molar-refractivity contribution in [3.05, 3.63) is 63.1 Å². The van der Waals surface area contributed by atoms with E-state index in [9.17, 15) is 9.50 Å². The van der Waals surface area contributed by atoms with E-state index < -0.39 is 11.9 Å². The van der Waals surface area contributed by atoms with Gasteiger partial charge in [-0.3, -0.25) is 4.98 Å². The van der Waals surface area contributed by atoms with Crippen LogP contribution in [0, 0.1) is 19.7 Å². The molecule has 0 spiro atoms. The summed E-state index contributed by atoms with van der Waals surface area (Å²) in [6.45, 7) is 3.91. The zero-order valence-corrected chi connectivity index (χ0v) is 11.7. The molecule has 1 atom stereocenters. The minimum absolute atomic E-state index is 0.447. The highest BCUT2D eigenvalue weighted by Gasteiger charge is 2.13. The number of aryl methyl sites for hydroxylation is 2. The molecule has 94 valence electrons. The Morgan fingerprint density at radius 2 is 1.72 bits per heavy atom. The Balaban J connectivity index is 2.43. The van der Waals surface area contributed by atoms with Crippen molar-refractivity contribution in [1.82, 2.24) is 4.98 Å². The molecule has 2 aromatic rings. The van der Waals surface area contributed by atoms with E-state index in [1.54, 1.807) is 0 Å². The average Bonchev–Trinajstić information content (AvgIpc) is 2.34. The van der Waals surface area contributed by atoms with Crippen molar-refractivity contribution >= 4 is 15.9 Å². The third kappa shape index (κ3) is 2.60. The van der Waals surface area contributed by atoms with E-state index in [1.165, 1.54) is 12.3 Å². The first-order chi connectivity index (χ1) is 8.49.